The van der Waals surface area contributed by atoms with E-state index in [4.69, 9.17) is 16.3 Å². The van der Waals surface area contributed by atoms with Gasteiger partial charge in [0.05, 0.1) is 12.8 Å². The minimum atomic E-state index is 0.0491. The van der Waals surface area contributed by atoms with E-state index in [1.165, 1.54) is 0 Å². The number of benzene rings is 1. The Balaban J connectivity index is 2.13. The summed E-state index contributed by atoms with van der Waals surface area (Å²) in [6.45, 7) is 2.07. The normalized spacial score (nSPS) is 22.7. The molecule has 0 bridgehead atoms. The largest absolute Gasteiger partial charge is 0.495 e. The fraction of sp³-hybridized carbons (Fsp3) is 0.417. The number of rotatable bonds is 3. The van der Waals surface area contributed by atoms with E-state index in [1.807, 2.05) is 0 Å². The molecular formula is C12H14ClNO2. The maximum Gasteiger partial charge on any atom is 0.227 e. The first-order valence-corrected chi connectivity index (χ1v) is 5.64. The molecule has 4 heteroatoms. The minimum Gasteiger partial charge on any atom is -0.495 e. The summed E-state index contributed by atoms with van der Waals surface area (Å²) in [4.78, 5) is 11.8. The molecule has 1 aliphatic carbocycles. The Labute approximate surface area is 99.7 Å². The highest BCUT2D eigenvalue weighted by Gasteiger charge is 2.39. The van der Waals surface area contributed by atoms with Crippen LogP contribution in [0.3, 0.4) is 0 Å². The lowest BCUT2D eigenvalue weighted by atomic mass is 10.2. The first kappa shape index (κ1) is 11.3. The van der Waals surface area contributed by atoms with E-state index in [2.05, 4.69) is 12.2 Å². The Hall–Kier alpha value is -1.22. The Morgan fingerprint density at radius 2 is 2.25 bits per heavy atom. The molecule has 1 aromatic rings. The molecule has 1 fully saturated rings. The Bertz CT molecular complexity index is 419. The van der Waals surface area contributed by atoms with Crippen molar-refractivity contribution in [3.8, 4) is 5.75 Å². The Morgan fingerprint density at radius 3 is 2.81 bits per heavy atom. The number of hydrogen-bond acceptors (Lipinski definition) is 2. The fourth-order valence-electron chi connectivity index (χ4n) is 1.69. The third kappa shape index (κ3) is 2.30. The standard InChI is InChI=1S/C12H14ClNO2/c1-7-5-9(7)12(15)14-10-6-8(13)3-4-11(10)16-2/h3-4,6-7,9H,5H2,1-2H3,(H,14,15)/t7-,9-/m1/s1. The zero-order chi connectivity index (χ0) is 11.7. The highest BCUT2D eigenvalue weighted by molar-refractivity contribution is 6.31. The van der Waals surface area contributed by atoms with Crippen LogP contribution in [0, 0.1) is 11.8 Å². The molecule has 0 spiro atoms. The summed E-state index contributed by atoms with van der Waals surface area (Å²) in [6.07, 6.45) is 0.967. The smallest absolute Gasteiger partial charge is 0.227 e. The predicted molar refractivity (Wildman–Crippen MR) is 63.9 cm³/mol. The number of ether oxygens (including phenoxy) is 1. The molecule has 1 N–H and O–H groups in total. The molecule has 0 aliphatic heterocycles. The van der Waals surface area contributed by atoms with Crippen LogP contribution in [0.4, 0.5) is 5.69 Å². The van der Waals surface area contributed by atoms with E-state index >= 15 is 0 Å². The van der Waals surface area contributed by atoms with Crippen molar-refractivity contribution in [2.75, 3.05) is 12.4 Å². The van der Waals surface area contributed by atoms with Crippen LogP contribution in [-0.2, 0) is 4.79 Å². The van der Waals surface area contributed by atoms with Crippen molar-refractivity contribution in [2.45, 2.75) is 13.3 Å². The summed E-state index contributed by atoms with van der Waals surface area (Å²) in [5, 5.41) is 3.43. The Kier molecular flexibility index (Phi) is 3.06. The molecule has 0 saturated heterocycles. The van der Waals surface area contributed by atoms with Crippen molar-refractivity contribution in [3.63, 3.8) is 0 Å². The van der Waals surface area contributed by atoms with Gasteiger partial charge in [-0.05, 0) is 30.5 Å². The van der Waals surface area contributed by atoms with Crippen LogP contribution in [0.2, 0.25) is 5.02 Å². The quantitative estimate of drug-likeness (QED) is 0.881. The summed E-state index contributed by atoms with van der Waals surface area (Å²) in [7, 11) is 1.57. The van der Waals surface area contributed by atoms with Gasteiger partial charge in [-0.3, -0.25) is 4.79 Å². The van der Waals surface area contributed by atoms with Gasteiger partial charge in [0.1, 0.15) is 5.75 Å². The zero-order valence-electron chi connectivity index (χ0n) is 9.29. The van der Waals surface area contributed by atoms with Gasteiger partial charge in [0, 0.05) is 10.9 Å². The van der Waals surface area contributed by atoms with Crippen LogP contribution in [0.25, 0.3) is 0 Å². The third-order valence-corrected chi connectivity index (χ3v) is 3.10. The number of hydrogen-bond donors (Lipinski definition) is 1. The predicted octanol–water partition coefficient (Wildman–Crippen LogP) is 2.94. The van der Waals surface area contributed by atoms with Crippen LogP contribution in [-0.4, -0.2) is 13.0 Å². The van der Waals surface area contributed by atoms with Crippen molar-refractivity contribution in [3.05, 3.63) is 23.2 Å². The fourth-order valence-corrected chi connectivity index (χ4v) is 1.86. The van der Waals surface area contributed by atoms with E-state index in [1.54, 1.807) is 25.3 Å². The minimum absolute atomic E-state index is 0.0491. The molecule has 0 radical (unpaired) electrons. The number of carbonyl (C=O) groups is 1. The van der Waals surface area contributed by atoms with E-state index < -0.39 is 0 Å². The number of amides is 1. The van der Waals surface area contributed by atoms with Crippen LogP contribution in [0.15, 0.2) is 18.2 Å². The van der Waals surface area contributed by atoms with E-state index in [0.29, 0.717) is 22.4 Å². The molecule has 1 amide bonds. The van der Waals surface area contributed by atoms with Gasteiger partial charge in [-0.25, -0.2) is 0 Å². The molecule has 0 heterocycles. The first-order valence-electron chi connectivity index (χ1n) is 5.26. The summed E-state index contributed by atoms with van der Waals surface area (Å²) in [6, 6.07) is 5.18. The van der Waals surface area contributed by atoms with Gasteiger partial charge in [0.25, 0.3) is 0 Å². The lowest BCUT2D eigenvalue weighted by Crippen LogP contribution is -2.15. The second kappa shape index (κ2) is 4.34. The van der Waals surface area contributed by atoms with E-state index in [-0.39, 0.29) is 11.8 Å². The number of halogens is 1. The van der Waals surface area contributed by atoms with E-state index in [0.717, 1.165) is 6.42 Å². The number of nitrogens with one attached hydrogen (secondary N) is 1. The summed E-state index contributed by atoms with van der Waals surface area (Å²) in [5.74, 6) is 1.31. The SMILES string of the molecule is COc1ccc(Cl)cc1NC(=O)[C@@H]1C[C@H]1C. The number of anilines is 1. The monoisotopic (exact) mass is 239 g/mol. The van der Waals surface area contributed by atoms with Gasteiger partial charge in [0.2, 0.25) is 5.91 Å². The summed E-state index contributed by atoms with van der Waals surface area (Å²) >= 11 is 5.87. The van der Waals surface area contributed by atoms with Gasteiger partial charge < -0.3 is 10.1 Å². The second-order valence-corrected chi connectivity index (χ2v) is 4.59. The van der Waals surface area contributed by atoms with Crippen LogP contribution < -0.4 is 10.1 Å². The highest BCUT2D eigenvalue weighted by atomic mass is 35.5. The van der Waals surface area contributed by atoms with Crippen molar-refractivity contribution in [1.82, 2.24) is 0 Å². The molecule has 1 saturated carbocycles. The molecule has 1 aliphatic rings. The highest BCUT2D eigenvalue weighted by Crippen LogP contribution is 2.39. The van der Waals surface area contributed by atoms with Gasteiger partial charge in [-0.1, -0.05) is 18.5 Å². The average molecular weight is 240 g/mol. The maximum atomic E-state index is 11.8. The molecule has 86 valence electrons. The second-order valence-electron chi connectivity index (χ2n) is 4.15. The van der Waals surface area contributed by atoms with Gasteiger partial charge >= 0.3 is 0 Å². The molecule has 0 unspecified atom stereocenters. The molecule has 3 nitrogen and oxygen atoms in total. The molecule has 16 heavy (non-hydrogen) atoms. The van der Waals surface area contributed by atoms with Gasteiger partial charge in [-0.2, -0.15) is 0 Å². The molecule has 2 atom stereocenters. The summed E-state index contributed by atoms with van der Waals surface area (Å²) < 4.78 is 5.15. The topological polar surface area (TPSA) is 38.3 Å². The lowest BCUT2D eigenvalue weighted by Gasteiger charge is -2.10. The van der Waals surface area contributed by atoms with Crippen molar-refractivity contribution in [1.29, 1.82) is 0 Å². The lowest BCUT2D eigenvalue weighted by molar-refractivity contribution is -0.117. The zero-order valence-corrected chi connectivity index (χ0v) is 10.0. The van der Waals surface area contributed by atoms with Gasteiger partial charge in [0.15, 0.2) is 0 Å². The van der Waals surface area contributed by atoms with Crippen molar-refractivity contribution >= 4 is 23.2 Å². The van der Waals surface area contributed by atoms with Crippen molar-refractivity contribution in [2.24, 2.45) is 11.8 Å². The Morgan fingerprint density at radius 1 is 1.56 bits per heavy atom. The third-order valence-electron chi connectivity index (χ3n) is 2.87. The van der Waals surface area contributed by atoms with Crippen LogP contribution in [0.1, 0.15) is 13.3 Å². The molecular weight excluding hydrogens is 226 g/mol. The van der Waals surface area contributed by atoms with E-state index in [9.17, 15) is 4.79 Å². The van der Waals surface area contributed by atoms with Crippen LogP contribution >= 0.6 is 11.6 Å². The average Bonchev–Trinajstić information content (AvgIpc) is 2.96. The molecule has 1 aromatic carbocycles. The number of carbonyl (C=O) groups excluding carboxylic acids is 1. The molecule has 2 rings (SSSR count). The number of methoxy groups -OCH3 is 1. The first-order chi connectivity index (χ1) is 7.61. The summed E-state index contributed by atoms with van der Waals surface area (Å²) in [5.41, 5.74) is 0.638. The molecule has 0 aromatic heterocycles. The van der Waals surface area contributed by atoms with Crippen LogP contribution in [0.5, 0.6) is 5.75 Å². The van der Waals surface area contributed by atoms with Crippen molar-refractivity contribution < 1.29 is 9.53 Å². The van der Waals surface area contributed by atoms with Gasteiger partial charge in [-0.15, -0.1) is 0 Å². The maximum absolute atomic E-state index is 11.8.